The molecule has 3 heteroatoms. The molecule has 1 saturated heterocycles. The van der Waals surface area contributed by atoms with Gasteiger partial charge in [0.1, 0.15) is 10.4 Å². The Morgan fingerprint density at radius 3 is 2.47 bits per heavy atom. The van der Waals surface area contributed by atoms with E-state index in [-0.39, 0.29) is 5.82 Å². The van der Waals surface area contributed by atoms with Crippen LogP contribution in [-0.2, 0) is 0 Å². The summed E-state index contributed by atoms with van der Waals surface area (Å²) < 4.78 is 13.0. The van der Waals surface area contributed by atoms with Gasteiger partial charge in [0.25, 0.3) is 0 Å². The lowest BCUT2D eigenvalue weighted by molar-refractivity contribution is 0.627. The SMILES string of the molecule is Fc1ccc(C#CC2SCCCS2)cc1. The molecule has 1 aromatic rings. The lowest BCUT2D eigenvalue weighted by Gasteiger charge is -2.14. The van der Waals surface area contributed by atoms with Crippen molar-refractivity contribution in [1.82, 2.24) is 0 Å². The maximum atomic E-state index is 12.6. The van der Waals surface area contributed by atoms with Crippen molar-refractivity contribution in [3.05, 3.63) is 35.6 Å². The molecule has 0 amide bonds. The van der Waals surface area contributed by atoms with E-state index in [2.05, 4.69) is 11.8 Å². The molecule has 1 heterocycles. The van der Waals surface area contributed by atoms with Crippen LogP contribution in [0.25, 0.3) is 0 Å². The van der Waals surface area contributed by atoms with E-state index in [1.54, 1.807) is 12.1 Å². The zero-order chi connectivity index (χ0) is 10.5. The van der Waals surface area contributed by atoms with Crippen molar-refractivity contribution in [2.45, 2.75) is 11.0 Å². The minimum absolute atomic E-state index is 0.207. The van der Waals surface area contributed by atoms with E-state index in [1.807, 2.05) is 23.5 Å². The highest BCUT2D eigenvalue weighted by atomic mass is 32.2. The molecule has 0 saturated carbocycles. The van der Waals surface area contributed by atoms with Gasteiger partial charge in [-0.2, -0.15) is 0 Å². The van der Waals surface area contributed by atoms with Crippen molar-refractivity contribution in [2.75, 3.05) is 11.5 Å². The molecule has 1 aromatic carbocycles. The molecule has 0 nitrogen and oxygen atoms in total. The minimum Gasteiger partial charge on any atom is -0.207 e. The van der Waals surface area contributed by atoms with Crippen molar-refractivity contribution < 1.29 is 4.39 Å². The van der Waals surface area contributed by atoms with E-state index in [0.29, 0.717) is 4.58 Å². The predicted octanol–water partition coefficient (Wildman–Crippen LogP) is 3.37. The third kappa shape index (κ3) is 3.48. The quantitative estimate of drug-likeness (QED) is 0.636. The van der Waals surface area contributed by atoms with Gasteiger partial charge < -0.3 is 0 Å². The molecule has 2 rings (SSSR count). The topological polar surface area (TPSA) is 0 Å². The Balaban J connectivity index is 2.00. The summed E-state index contributed by atoms with van der Waals surface area (Å²) in [5.74, 6) is 8.50. The molecular weight excluding hydrogens is 227 g/mol. The second-order valence-corrected chi connectivity index (χ2v) is 5.93. The van der Waals surface area contributed by atoms with Crippen LogP contribution in [0.4, 0.5) is 4.39 Å². The molecule has 1 aliphatic heterocycles. The Morgan fingerprint density at radius 2 is 1.80 bits per heavy atom. The number of hydrogen-bond donors (Lipinski definition) is 0. The lowest BCUT2D eigenvalue weighted by atomic mass is 10.2. The van der Waals surface area contributed by atoms with Gasteiger partial charge in [-0.25, -0.2) is 4.39 Å². The zero-order valence-corrected chi connectivity index (χ0v) is 9.84. The van der Waals surface area contributed by atoms with E-state index in [4.69, 9.17) is 0 Å². The van der Waals surface area contributed by atoms with Gasteiger partial charge >= 0.3 is 0 Å². The summed E-state index contributed by atoms with van der Waals surface area (Å²) in [5, 5.41) is 0. The Kier molecular flexibility index (Phi) is 3.99. The molecule has 15 heavy (non-hydrogen) atoms. The monoisotopic (exact) mass is 238 g/mol. The molecule has 0 spiro atoms. The third-order valence-electron chi connectivity index (χ3n) is 2.01. The van der Waals surface area contributed by atoms with Crippen molar-refractivity contribution >= 4 is 23.5 Å². The van der Waals surface area contributed by atoms with Crippen molar-refractivity contribution in [2.24, 2.45) is 0 Å². The summed E-state index contributed by atoms with van der Waals surface area (Å²) >= 11 is 3.80. The first-order valence-electron chi connectivity index (χ1n) is 4.85. The van der Waals surface area contributed by atoms with Crippen molar-refractivity contribution in [3.8, 4) is 11.8 Å². The highest BCUT2D eigenvalue weighted by Gasteiger charge is 2.10. The largest absolute Gasteiger partial charge is 0.207 e. The van der Waals surface area contributed by atoms with Crippen LogP contribution in [0.2, 0.25) is 0 Å². The van der Waals surface area contributed by atoms with Gasteiger partial charge in [0, 0.05) is 5.56 Å². The molecule has 0 radical (unpaired) electrons. The van der Waals surface area contributed by atoms with Crippen LogP contribution in [0.5, 0.6) is 0 Å². The van der Waals surface area contributed by atoms with E-state index >= 15 is 0 Å². The highest BCUT2D eigenvalue weighted by molar-refractivity contribution is 8.17. The van der Waals surface area contributed by atoms with E-state index in [1.165, 1.54) is 30.1 Å². The number of halogens is 1. The molecule has 0 atom stereocenters. The Morgan fingerprint density at radius 1 is 1.13 bits per heavy atom. The summed E-state index contributed by atoms with van der Waals surface area (Å²) in [5.41, 5.74) is 0.892. The summed E-state index contributed by atoms with van der Waals surface area (Å²) in [6.45, 7) is 0. The van der Waals surface area contributed by atoms with Crippen LogP contribution in [0.15, 0.2) is 24.3 Å². The highest BCUT2D eigenvalue weighted by Crippen LogP contribution is 2.29. The predicted molar refractivity (Wildman–Crippen MR) is 66.6 cm³/mol. The summed E-state index contributed by atoms with van der Waals surface area (Å²) in [7, 11) is 0. The van der Waals surface area contributed by atoms with E-state index < -0.39 is 0 Å². The fraction of sp³-hybridized carbons (Fsp3) is 0.333. The van der Waals surface area contributed by atoms with Gasteiger partial charge in [-0.15, -0.1) is 23.5 Å². The fourth-order valence-electron chi connectivity index (χ4n) is 1.25. The molecule has 1 fully saturated rings. The van der Waals surface area contributed by atoms with Gasteiger partial charge in [-0.3, -0.25) is 0 Å². The summed E-state index contributed by atoms with van der Waals surface area (Å²) in [4.78, 5) is 0. The Hall–Kier alpha value is -0.590. The molecule has 0 unspecified atom stereocenters. The smallest absolute Gasteiger partial charge is 0.123 e. The number of hydrogen-bond acceptors (Lipinski definition) is 2. The molecular formula is C12H11FS2. The second kappa shape index (κ2) is 5.48. The van der Waals surface area contributed by atoms with Crippen LogP contribution in [0, 0.1) is 17.7 Å². The van der Waals surface area contributed by atoms with Crippen LogP contribution in [-0.4, -0.2) is 16.1 Å². The van der Waals surface area contributed by atoms with E-state index in [0.717, 1.165) is 5.56 Å². The molecule has 78 valence electrons. The second-order valence-electron chi connectivity index (χ2n) is 3.20. The molecule has 1 aliphatic rings. The third-order valence-corrected chi connectivity index (χ3v) is 4.71. The molecule has 0 N–H and O–H groups in total. The summed E-state index contributed by atoms with van der Waals surface area (Å²) in [6.07, 6.45) is 1.28. The van der Waals surface area contributed by atoms with Gasteiger partial charge in [0.2, 0.25) is 0 Å². The van der Waals surface area contributed by atoms with Gasteiger partial charge in [-0.05, 0) is 42.2 Å². The normalized spacial score (nSPS) is 16.9. The van der Waals surface area contributed by atoms with Crippen molar-refractivity contribution in [3.63, 3.8) is 0 Å². The number of benzene rings is 1. The van der Waals surface area contributed by atoms with Gasteiger partial charge in [-0.1, -0.05) is 11.8 Å². The number of thioether (sulfide) groups is 2. The van der Waals surface area contributed by atoms with Gasteiger partial charge in [0.15, 0.2) is 0 Å². The first-order valence-corrected chi connectivity index (χ1v) is 6.95. The number of rotatable bonds is 0. The van der Waals surface area contributed by atoms with Crippen LogP contribution >= 0.6 is 23.5 Å². The summed E-state index contributed by atoms with van der Waals surface area (Å²) in [6, 6.07) is 6.34. The average molecular weight is 238 g/mol. The maximum Gasteiger partial charge on any atom is 0.123 e. The van der Waals surface area contributed by atoms with E-state index in [9.17, 15) is 4.39 Å². The standard InChI is InChI=1S/C12H11FS2/c13-11-5-2-10(3-6-11)4-7-12-14-8-1-9-15-12/h2-3,5-6,12H,1,8-9H2. The molecule has 0 aliphatic carbocycles. The lowest BCUT2D eigenvalue weighted by Crippen LogP contribution is -2.03. The molecule has 0 aromatic heterocycles. The van der Waals surface area contributed by atoms with Crippen LogP contribution in [0.1, 0.15) is 12.0 Å². The van der Waals surface area contributed by atoms with Crippen LogP contribution in [0.3, 0.4) is 0 Å². The van der Waals surface area contributed by atoms with Gasteiger partial charge in [0.05, 0.1) is 0 Å². The Labute approximate surface area is 98.0 Å². The Bertz CT molecular complexity index is 369. The first kappa shape index (κ1) is 10.9. The average Bonchev–Trinajstić information content (AvgIpc) is 2.30. The minimum atomic E-state index is -0.207. The molecule has 0 bridgehead atoms. The zero-order valence-electron chi connectivity index (χ0n) is 8.20. The maximum absolute atomic E-state index is 12.6. The van der Waals surface area contributed by atoms with Crippen LogP contribution < -0.4 is 0 Å². The first-order chi connectivity index (χ1) is 7.34. The fourth-order valence-corrected chi connectivity index (χ4v) is 3.73. The van der Waals surface area contributed by atoms with Crippen molar-refractivity contribution in [1.29, 1.82) is 0 Å².